The summed E-state index contributed by atoms with van der Waals surface area (Å²) in [5, 5.41) is 9.95. The van der Waals surface area contributed by atoms with Crippen molar-refractivity contribution in [2.75, 3.05) is 0 Å². The van der Waals surface area contributed by atoms with E-state index in [1.54, 1.807) is 0 Å². The molecule has 0 saturated heterocycles. The van der Waals surface area contributed by atoms with Gasteiger partial charge in [0.1, 0.15) is 33.5 Å². The maximum Gasteiger partial charge on any atom is 0.136 e. The number of furan rings is 3. The SMILES string of the molecule is c1ccc(-c2nc3ccccc3c3c(-c4ccc(-c5cc(-c6ccc7oc8ccccc8c7c6)cc(-c6ccc7oc8ccccc8c7c6)c5)cc4)c4c(cc23)oc2ccccc24)cc1. The minimum Gasteiger partial charge on any atom is -0.456 e. The van der Waals surface area contributed by atoms with Gasteiger partial charge >= 0.3 is 0 Å². The Morgan fingerprint density at radius 2 is 0.708 bits per heavy atom. The molecule has 0 bridgehead atoms. The van der Waals surface area contributed by atoms with Crippen molar-refractivity contribution in [3.8, 4) is 55.8 Å². The Labute approximate surface area is 372 Å². The van der Waals surface area contributed by atoms with Gasteiger partial charge in [0, 0.05) is 59.6 Å². The van der Waals surface area contributed by atoms with Crippen LogP contribution >= 0.6 is 0 Å². The summed E-state index contributed by atoms with van der Waals surface area (Å²) in [5.41, 5.74) is 17.2. The van der Waals surface area contributed by atoms with E-state index in [0.717, 1.165) is 143 Å². The van der Waals surface area contributed by atoms with Gasteiger partial charge in [0.2, 0.25) is 0 Å². The highest BCUT2D eigenvalue weighted by Gasteiger charge is 2.22. The van der Waals surface area contributed by atoms with Gasteiger partial charge < -0.3 is 13.3 Å². The standard InChI is InChI=1S/C61H35NO3/c1-2-12-38(13-3-1)61-50-35-57-60(47-17-7-11-21-54(47)65-57)58(59(50)46-16-4-8-18-51(46)62-61)37-24-22-36(23-25-37)41-30-42(39-26-28-55-48(33-39)44-14-5-9-19-52(44)63-55)32-43(31-41)40-27-29-56-49(34-40)45-15-6-10-20-53(45)64-56/h1-35H. The molecule has 4 aromatic heterocycles. The lowest BCUT2D eigenvalue weighted by atomic mass is 9.88. The number of benzene rings is 10. The Bertz CT molecular complexity index is 4100. The molecule has 14 aromatic rings. The van der Waals surface area contributed by atoms with Gasteiger partial charge in [-0.3, -0.25) is 0 Å². The smallest absolute Gasteiger partial charge is 0.136 e. The van der Waals surface area contributed by atoms with Gasteiger partial charge in [-0.05, 0) is 112 Å². The molecule has 0 aliphatic rings. The predicted octanol–water partition coefficient (Wildman–Crippen LogP) is 17.4. The fraction of sp³-hybridized carbons (Fsp3) is 0. The molecule has 0 unspecified atom stereocenters. The van der Waals surface area contributed by atoms with E-state index in [0.29, 0.717) is 0 Å². The van der Waals surface area contributed by atoms with E-state index in [-0.39, 0.29) is 0 Å². The van der Waals surface area contributed by atoms with Gasteiger partial charge in [-0.1, -0.05) is 140 Å². The van der Waals surface area contributed by atoms with Crippen LogP contribution in [0, 0.1) is 0 Å². The maximum absolute atomic E-state index is 6.68. The molecule has 0 atom stereocenters. The second kappa shape index (κ2) is 13.9. The van der Waals surface area contributed by atoms with Crippen LogP contribution in [0.4, 0.5) is 0 Å². The lowest BCUT2D eigenvalue weighted by Crippen LogP contribution is -1.93. The van der Waals surface area contributed by atoms with Crippen molar-refractivity contribution in [3.63, 3.8) is 0 Å². The van der Waals surface area contributed by atoms with Gasteiger partial charge in [0.25, 0.3) is 0 Å². The molecule has 302 valence electrons. The Morgan fingerprint density at radius 3 is 1.34 bits per heavy atom. The molecule has 0 radical (unpaired) electrons. The zero-order chi connectivity index (χ0) is 42.6. The summed E-state index contributed by atoms with van der Waals surface area (Å²) in [6, 6.07) is 75.2. The van der Waals surface area contributed by atoms with Crippen LogP contribution < -0.4 is 0 Å². The fourth-order valence-corrected chi connectivity index (χ4v) is 10.2. The van der Waals surface area contributed by atoms with E-state index >= 15 is 0 Å². The third kappa shape index (κ3) is 5.61. The number of hydrogen-bond donors (Lipinski definition) is 0. The van der Waals surface area contributed by atoms with Crippen LogP contribution in [0.25, 0.3) is 143 Å². The van der Waals surface area contributed by atoms with Gasteiger partial charge in [0.05, 0.1) is 11.2 Å². The van der Waals surface area contributed by atoms with Gasteiger partial charge in [0.15, 0.2) is 0 Å². The quantitative estimate of drug-likeness (QED) is 0.162. The Balaban J connectivity index is 0.990. The zero-order valence-corrected chi connectivity index (χ0v) is 34.9. The highest BCUT2D eigenvalue weighted by atomic mass is 16.3. The van der Waals surface area contributed by atoms with Crippen LogP contribution in [-0.2, 0) is 0 Å². The summed E-state index contributed by atoms with van der Waals surface area (Å²) in [6.07, 6.45) is 0. The van der Waals surface area contributed by atoms with E-state index < -0.39 is 0 Å². The molecular weight excluding hydrogens is 795 g/mol. The van der Waals surface area contributed by atoms with Crippen LogP contribution in [0.1, 0.15) is 0 Å². The third-order valence-corrected chi connectivity index (χ3v) is 13.2. The van der Waals surface area contributed by atoms with E-state index in [1.807, 2.05) is 30.3 Å². The minimum absolute atomic E-state index is 0.842. The molecule has 14 rings (SSSR count). The molecule has 0 spiro atoms. The van der Waals surface area contributed by atoms with Crippen LogP contribution in [-0.4, -0.2) is 4.98 Å². The van der Waals surface area contributed by atoms with Crippen molar-refractivity contribution < 1.29 is 13.3 Å². The lowest BCUT2D eigenvalue weighted by Gasteiger charge is -2.16. The average molecular weight is 830 g/mol. The highest BCUT2D eigenvalue weighted by Crippen LogP contribution is 2.47. The molecule has 0 amide bonds. The number of aromatic nitrogens is 1. The molecule has 0 saturated carbocycles. The van der Waals surface area contributed by atoms with Crippen molar-refractivity contribution >= 4 is 87.5 Å². The predicted molar refractivity (Wildman–Crippen MR) is 268 cm³/mol. The summed E-state index contributed by atoms with van der Waals surface area (Å²) in [4.78, 5) is 5.29. The monoisotopic (exact) mass is 829 g/mol. The van der Waals surface area contributed by atoms with Gasteiger partial charge in [-0.2, -0.15) is 0 Å². The Kier molecular flexibility index (Phi) is 7.65. The van der Waals surface area contributed by atoms with Gasteiger partial charge in [-0.15, -0.1) is 0 Å². The largest absolute Gasteiger partial charge is 0.456 e. The van der Waals surface area contributed by atoms with Crippen molar-refractivity contribution in [1.82, 2.24) is 4.98 Å². The molecule has 4 heterocycles. The number of fused-ring (bicyclic) bond motifs is 12. The summed E-state index contributed by atoms with van der Waals surface area (Å²) >= 11 is 0. The second-order valence-electron chi connectivity index (χ2n) is 17.0. The number of hydrogen-bond acceptors (Lipinski definition) is 4. The average Bonchev–Trinajstić information content (AvgIpc) is 4.06. The molecule has 0 aliphatic carbocycles. The molecule has 65 heavy (non-hydrogen) atoms. The summed E-state index contributed by atoms with van der Waals surface area (Å²) in [6.45, 7) is 0. The van der Waals surface area contributed by atoms with E-state index in [2.05, 4.69) is 182 Å². The minimum atomic E-state index is 0.842. The molecule has 4 heteroatoms. The topological polar surface area (TPSA) is 52.3 Å². The van der Waals surface area contributed by atoms with Crippen LogP contribution in [0.15, 0.2) is 226 Å². The van der Waals surface area contributed by atoms with Crippen LogP contribution in [0.2, 0.25) is 0 Å². The molecule has 10 aromatic carbocycles. The number of para-hydroxylation sites is 4. The number of rotatable bonds is 5. The first-order valence-corrected chi connectivity index (χ1v) is 22.0. The van der Waals surface area contributed by atoms with Crippen LogP contribution in [0.5, 0.6) is 0 Å². The van der Waals surface area contributed by atoms with Gasteiger partial charge in [-0.25, -0.2) is 4.98 Å². The first-order chi connectivity index (χ1) is 32.2. The van der Waals surface area contributed by atoms with E-state index in [1.165, 1.54) is 0 Å². The zero-order valence-electron chi connectivity index (χ0n) is 34.9. The normalized spacial score (nSPS) is 12.0. The molecule has 0 fully saturated rings. The van der Waals surface area contributed by atoms with Crippen molar-refractivity contribution in [1.29, 1.82) is 0 Å². The number of nitrogens with zero attached hydrogens (tertiary/aromatic N) is 1. The molecule has 0 aliphatic heterocycles. The summed E-state index contributed by atoms with van der Waals surface area (Å²) in [7, 11) is 0. The summed E-state index contributed by atoms with van der Waals surface area (Å²) < 4.78 is 19.2. The molecule has 4 nitrogen and oxygen atoms in total. The third-order valence-electron chi connectivity index (χ3n) is 13.2. The van der Waals surface area contributed by atoms with Crippen molar-refractivity contribution in [2.24, 2.45) is 0 Å². The first-order valence-electron chi connectivity index (χ1n) is 22.0. The fourth-order valence-electron chi connectivity index (χ4n) is 10.2. The Morgan fingerprint density at radius 1 is 0.246 bits per heavy atom. The lowest BCUT2D eigenvalue weighted by molar-refractivity contribution is 0.668. The Hall–Kier alpha value is -8.73. The van der Waals surface area contributed by atoms with E-state index in [9.17, 15) is 0 Å². The van der Waals surface area contributed by atoms with Crippen molar-refractivity contribution in [2.45, 2.75) is 0 Å². The molecular formula is C61H35NO3. The second-order valence-corrected chi connectivity index (χ2v) is 17.0. The summed E-state index contributed by atoms with van der Waals surface area (Å²) in [5.74, 6) is 0. The maximum atomic E-state index is 6.68. The van der Waals surface area contributed by atoms with Crippen molar-refractivity contribution in [3.05, 3.63) is 212 Å². The molecule has 0 N–H and O–H groups in total. The van der Waals surface area contributed by atoms with Crippen LogP contribution in [0.3, 0.4) is 0 Å². The highest BCUT2D eigenvalue weighted by molar-refractivity contribution is 6.28. The number of pyridine rings is 1. The first kappa shape index (κ1) is 35.8. The van der Waals surface area contributed by atoms with E-state index in [4.69, 9.17) is 18.2 Å².